The predicted octanol–water partition coefficient (Wildman–Crippen LogP) is 2.27. The summed E-state index contributed by atoms with van der Waals surface area (Å²) in [5.74, 6) is -2.08. The molecular formula is C17H23NO6. The zero-order chi connectivity index (χ0) is 18.2. The highest BCUT2D eigenvalue weighted by Gasteiger charge is 2.27. The summed E-state index contributed by atoms with van der Waals surface area (Å²) in [5.41, 5.74) is 5.75. The number of carboxylic acids is 1. The Morgan fingerprint density at radius 3 is 2.42 bits per heavy atom. The van der Waals surface area contributed by atoms with Crippen molar-refractivity contribution in [2.75, 3.05) is 0 Å². The third-order valence-corrected chi connectivity index (χ3v) is 3.37. The Hall–Kier alpha value is -2.41. The van der Waals surface area contributed by atoms with E-state index in [2.05, 4.69) is 4.74 Å². The monoisotopic (exact) mass is 337 g/mol. The maximum atomic E-state index is 11.7. The second kappa shape index (κ2) is 9.02. The molecule has 0 aliphatic carbocycles. The molecule has 0 aromatic heterocycles. The molecule has 0 aliphatic rings. The molecule has 0 bridgehead atoms. The Balaban J connectivity index is 2.41. The Labute approximate surface area is 140 Å². The van der Waals surface area contributed by atoms with E-state index in [-0.39, 0.29) is 12.8 Å². The molecule has 0 aliphatic heterocycles. The molecule has 24 heavy (non-hydrogen) atoms. The van der Waals surface area contributed by atoms with Crippen LogP contribution in [0.4, 0.5) is 4.79 Å². The number of aliphatic carboxylic acids is 1. The third-order valence-electron chi connectivity index (χ3n) is 3.37. The van der Waals surface area contributed by atoms with Crippen molar-refractivity contribution >= 4 is 18.1 Å². The lowest BCUT2D eigenvalue weighted by molar-refractivity contribution is -0.143. The van der Waals surface area contributed by atoms with Crippen molar-refractivity contribution in [3.8, 4) is 0 Å². The Bertz CT molecular complexity index is 570. The molecule has 1 atom stereocenters. The van der Waals surface area contributed by atoms with Gasteiger partial charge in [0.2, 0.25) is 0 Å². The van der Waals surface area contributed by atoms with E-state index < -0.39 is 29.7 Å². The molecule has 0 unspecified atom stereocenters. The Morgan fingerprint density at radius 1 is 1.21 bits per heavy atom. The van der Waals surface area contributed by atoms with Gasteiger partial charge in [0.05, 0.1) is 0 Å². The van der Waals surface area contributed by atoms with Gasteiger partial charge >= 0.3 is 18.1 Å². The summed E-state index contributed by atoms with van der Waals surface area (Å²) in [5, 5.41) is 8.53. The van der Waals surface area contributed by atoms with Gasteiger partial charge < -0.3 is 20.3 Å². The molecule has 7 nitrogen and oxygen atoms in total. The lowest BCUT2D eigenvalue weighted by atomic mass is 9.99. The molecule has 0 fully saturated rings. The van der Waals surface area contributed by atoms with E-state index in [1.165, 1.54) is 0 Å². The fourth-order valence-corrected chi connectivity index (χ4v) is 1.94. The van der Waals surface area contributed by atoms with Gasteiger partial charge in [-0.3, -0.25) is 4.79 Å². The minimum atomic E-state index is -1.18. The number of aryl methyl sites for hydroxylation is 1. The summed E-state index contributed by atoms with van der Waals surface area (Å²) in [6.45, 7) is 3.43. The summed E-state index contributed by atoms with van der Waals surface area (Å²) in [6.07, 6.45) is -0.283. The lowest BCUT2D eigenvalue weighted by Crippen LogP contribution is -2.36. The summed E-state index contributed by atoms with van der Waals surface area (Å²) in [7, 11) is 0. The van der Waals surface area contributed by atoms with Crippen molar-refractivity contribution in [1.82, 2.24) is 0 Å². The molecule has 7 heteroatoms. The number of nitrogens with two attached hydrogens (primary N) is 1. The second-order valence-electron chi connectivity index (χ2n) is 6.06. The minimum absolute atomic E-state index is 0.112. The van der Waals surface area contributed by atoms with Gasteiger partial charge in [0.15, 0.2) is 0 Å². The lowest BCUT2D eigenvalue weighted by Gasteiger charge is -2.24. The van der Waals surface area contributed by atoms with Crippen molar-refractivity contribution in [3.63, 3.8) is 0 Å². The molecule has 0 saturated carbocycles. The third kappa shape index (κ3) is 7.73. The molecule has 0 saturated heterocycles. The van der Waals surface area contributed by atoms with E-state index >= 15 is 0 Å². The van der Waals surface area contributed by atoms with Crippen LogP contribution in [-0.4, -0.2) is 34.8 Å². The van der Waals surface area contributed by atoms with Crippen molar-refractivity contribution in [2.45, 2.75) is 51.2 Å². The topological polar surface area (TPSA) is 116 Å². The molecule has 0 amide bonds. The SMILES string of the molecule is CC(C)(CCc1ccccc1)OC(=O)OC(=O)[C@@H](N)CCC(=O)O. The van der Waals surface area contributed by atoms with Crippen molar-refractivity contribution in [3.05, 3.63) is 35.9 Å². The average molecular weight is 337 g/mol. The number of carbonyl (C=O) groups is 3. The van der Waals surface area contributed by atoms with Crippen LogP contribution in [0.2, 0.25) is 0 Å². The summed E-state index contributed by atoms with van der Waals surface area (Å²) in [6, 6.07) is 8.53. The first-order chi connectivity index (χ1) is 11.2. The van der Waals surface area contributed by atoms with Crippen LogP contribution >= 0.6 is 0 Å². The van der Waals surface area contributed by atoms with Gasteiger partial charge in [0.25, 0.3) is 0 Å². The normalized spacial score (nSPS) is 12.3. The van der Waals surface area contributed by atoms with Crippen LogP contribution in [0, 0.1) is 0 Å². The highest BCUT2D eigenvalue weighted by atomic mass is 16.7. The van der Waals surface area contributed by atoms with E-state index in [0.717, 1.165) is 5.56 Å². The van der Waals surface area contributed by atoms with Gasteiger partial charge in [0.1, 0.15) is 11.6 Å². The minimum Gasteiger partial charge on any atom is -0.481 e. The maximum Gasteiger partial charge on any atom is 0.516 e. The van der Waals surface area contributed by atoms with Crippen molar-refractivity contribution in [1.29, 1.82) is 0 Å². The van der Waals surface area contributed by atoms with Crippen LogP contribution in [0.5, 0.6) is 0 Å². The van der Waals surface area contributed by atoms with Gasteiger partial charge in [-0.25, -0.2) is 9.59 Å². The summed E-state index contributed by atoms with van der Waals surface area (Å²) >= 11 is 0. The van der Waals surface area contributed by atoms with Crippen LogP contribution in [0.15, 0.2) is 30.3 Å². The van der Waals surface area contributed by atoms with Crippen molar-refractivity contribution < 1.29 is 29.0 Å². The number of carboxylic acid groups (broad SMARTS) is 1. The number of ether oxygens (including phenoxy) is 2. The molecule has 3 N–H and O–H groups in total. The average Bonchev–Trinajstić information content (AvgIpc) is 2.51. The zero-order valence-electron chi connectivity index (χ0n) is 13.9. The molecule has 0 heterocycles. The van der Waals surface area contributed by atoms with E-state index in [4.69, 9.17) is 15.6 Å². The van der Waals surface area contributed by atoms with Crippen LogP contribution in [0.25, 0.3) is 0 Å². The number of carbonyl (C=O) groups excluding carboxylic acids is 2. The number of hydrogen-bond acceptors (Lipinski definition) is 6. The predicted molar refractivity (Wildman–Crippen MR) is 86.3 cm³/mol. The quantitative estimate of drug-likeness (QED) is 0.552. The molecule has 1 aromatic carbocycles. The van der Waals surface area contributed by atoms with Crippen LogP contribution < -0.4 is 5.73 Å². The molecule has 132 valence electrons. The molecule has 0 spiro atoms. The van der Waals surface area contributed by atoms with Gasteiger partial charge in [0, 0.05) is 6.42 Å². The van der Waals surface area contributed by atoms with Gasteiger partial charge in [-0.2, -0.15) is 0 Å². The summed E-state index contributed by atoms with van der Waals surface area (Å²) in [4.78, 5) is 33.7. The standard InChI is InChI=1S/C17H23NO6/c1-17(2,11-10-12-6-4-3-5-7-12)24-16(22)23-15(21)13(18)8-9-14(19)20/h3-7,13H,8-11,18H2,1-2H3,(H,19,20)/t13-/m0/s1. The maximum absolute atomic E-state index is 11.7. The zero-order valence-corrected chi connectivity index (χ0v) is 13.9. The molecule has 0 radical (unpaired) electrons. The molecule has 1 aromatic rings. The highest BCUT2D eigenvalue weighted by Crippen LogP contribution is 2.19. The smallest absolute Gasteiger partial charge is 0.481 e. The van der Waals surface area contributed by atoms with Gasteiger partial charge in [-0.05, 0) is 38.7 Å². The van der Waals surface area contributed by atoms with E-state index in [1.807, 2.05) is 30.3 Å². The van der Waals surface area contributed by atoms with Gasteiger partial charge in [-0.15, -0.1) is 0 Å². The first-order valence-electron chi connectivity index (χ1n) is 7.65. The first-order valence-corrected chi connectivity index (χ1v) is 7.65. The molecular weight excluding hydrogens is 314 g/mol. The van der Waals surface area contributed by atoms with E-state index in [1.54, 1.807) is 13.8 Å². The fraction of sp³-hybridized carbons (Fsp3) is 0.471. The Kier molecular flexibility index (Phi) is 7.38. The summed E-state index contributed by atoms with van der Waals surface area (Å²) < 4.78 is 9.67. The number of esters is 1. The second-order valence-corrected chi connectivity index (χ2v) is 6.06. The fourth-order valence-electron chi connectivity index (χ4n) is 1.94. The number of hydrogen-bond donors (Lipinski definition) is 2. The highest BCUT2D eigenvalue weighted by molar-refractivity contribution is 5.85. The molecule has 1 rings (SSSR count). The van der Waals surface area contributed by atoms with E-state index in [9.17, 15) is 14.4 Å². The van der Waals surface area contributed by atoms with Crippen LogP contribution in [-0.2, 0) is 25.5 Å². The van der Waals surface area contributed by atoms with Gasteiger partial charge in [-0.1, -0.05) is 30.3 Å². The number of benzene rings is 1. The van der Waals surface area contributed by atoms with Crippen LogP contribution in [0.3, 0.4) is 0 Å². The largest absolute Gasteiger partial charge is 0.516 e. The Morgan fingerprint density at radius 2 is 1.83 bits per heavy atom. The first kappa shape index (κ1) is 19.6. The van der Waals surface area contributed by atoms with Crippen LogP contribution in [0.1, 0.15) is 38.7 Å². The number of rotatable bonds is 8. The van der Waals surface area contributed by atoms with Crippen molar-refractivity contribution in [2.24, 2.45) is 5.73 Å². The van der Waals surface area contributed by atoms with E-state index in [0.29, 0.717) is 12.8 Å².